The summed E-state index contributed by atoms with van der Waals surface area (Å²) < 4.78 is 0. The van der Waals surface area contributed by atoms with Crippen molar-refractivity contribution in [1.82, 2.24) is 30.0 Å². The molecule has 0 unspecified atom stereocenters. The van der Waals surface area contributed by atoms with Gasteiger partial charge in [0.1, 0.15) is 44.9 Å². The Kier molecular flexibility index (Phi) is 6.13. The molecule has 0 aliphatic carbocycles. The van der Waals surface area contributed by atoms with Crippen LogP contribution in [0.4, 0.5) is 0 Å². The Morgan fingerprint density at radius 3 is 1.28 bits per heavy atom. The van der Waals surface area contributed by atoms with Gasteiger partial charge in [-0.15, -0.1) is 43.1 Å². The predicted molar refractivity (Wildman–Crippen MR) is 152 cm³/mol. The molecule has 0 saturated heterocycles. The molecule has 192 valence electrons. The number of aromatic nitrogens is 6. The van der Waals surface area contributed by atoms with Gasteiger partial charge in [0.15, 0.2) is 0 Å². The van der Waals surface area contributed by atoms with E-state index >= 15 is 0 Å². The van der Waals surface area contributed by atoms with Gasteiger partial charge in [-0.3, -0.25) is 0 Å². The summed E-state index contributed by atoms with van der Waals surface area (Å²) in [7, 11) is 0. The van der Waals surface area contributed by atoms with Crippen molar-refractivity contribution in [1.29, 1.82) is 0 Å². The van der Waals surface area contributed by atoms with Crippen LogP contribution < -0.4 is 0 Å². The van der Waals surface area contributed by atoms with E-state index in [1.54, 1.807) is 12.2 Å². The third-order valence-corrected chi connectivity index (χ3v) is 6.60. The molecule has 39 heavy (non-hydrogen) atoms. The lowest BCUT2D eigenvalue weighted by Gasteiger charge is -2.15. The van der Waals surface area contributed by atoms with E-state index in [0.717, 1.165) is 33.2 Å². The van der Waals surface area contributed by atoms with Crippen molar-refractivity contribution in [2.45, 2.75) is 19.3 Å². The molecule has 4 aromatic carbocycles. The number of benzene rings is 4. The number of nitrogens with zero attached hydrogens (tertiary/aromatic N) is 6. The monoisotopic (exact) mass is 514 g/mol. The van der Waals surface area contributed by atoms with Gasteiger partial charge < -0.3 is 10.2 Å². The van der Waals surface area contributed by atoms with E-state index in [1.165, 1.54) is 9.59 Å². The summed E-state index contributed by atoms with van der Waals surface area (Å²) in [6.07, 6.45) is 5.06. The average molecular weight is 515 g/mol. The quantitative estimate of drug-likeness (QED) is 0.256. The number of phenols is 2. The second-order valence-electron chi connectivity index (χ2n) is 9.36. The minimum absolute atomic E-state index is 0.0427. The first-order valence-corrected chi connectivity index (χ1v) is 12.6. The molecule has 0 amide bonds. The topological polar surface area (TPSA) is 102 Å². The van der Waals surface area contributed by atoms with Crippen molar-refractivity contribution >= 4 is 22.1 Å². The summed E-state index contributed by atoms with van der Waals surface area (Å²) in [5.74, 6) is 0.0855. The van der Waals surface area contributed by atoms with Crippen LogP contribution in [0.3, 0.4) is 0 Å². The zero-order valence-corrected chi connectivity index (χ0v) is 21.2. The van der Waals surface area contributed by atoms with Crippen LogP contribution in [0.1, 0.15) is 22.3 Å². The van der Waals surface area contributed by atoms with Crippen LogP contribution in [0.15, 0.2) is 98.1 Å². The van der Waals surface area contributed by atoms with Crippen LogP contribution in [-0.2, 0) is 19.3 Å². The van der Waals surface area contributed by atoms with E-state index in [2.05, 4.69) is 33.6 Å². The summed E-state index contributed by atoms with van der Waals surface area (Å²) in [6, 6.07) is 22.7. The molecule has 0 saturated carbocycles. The van der Waals surface area contributed by atoms with Gasteiger partial charge in [-0.05, 0) is 60.4 Å². The van der Waals surface area contributed by atoms with E-state index in [9.17, 15) is 10.2 Å². The van der Waals surface area contributed by atoms with Crippen molar-refractivity contribution in [2.75, 3.05) is 0 Å². The standard InChI is InChI=1S/C31H26N6O2/c1-3-9-20-15-22(30(38)28(17-20)36-32-24-11-5-6-12-25(24)33-36)19-23-16-21(10-4-2)18-29(31(23)39)37-34-26-13-7-8-14-27(26)35-37/h3-8,11-18,38-39H,1-2,9-10,19H2. The van der Waals surface area contributed by atoms with Crippen LogP contribution >= 0.6 is 0 Å². The second-order valence-corrected chi connectivity index (χ2v) is 9.36. The molecule has 0 aliphatic heterocycles. The molecule has 0 fully saturated rings. The zero-order valence-electron chi connectivity index (χ0n) is 21.2. The Morgan fingerprint density at radius 1 is 0.590 bits per heavy atom. The van der Waals surface area contributed by atoms with Gasteiger partial charge in [0.25, 0.3) is 0 Å². The van der Waals surface area contributed by atoms with Crippen molar-refractivity contribution in [3.8, 4) is 22.9 Å². The highest BCUT2D eigenvalue weighted by molar-refractivity contribution is 5.74. The van der Waals surface area contributed by atoms with Gasteiger partial charge in [0.05, 0.1) is 0 Å². The number of rotatable bonds is 8. The van der Waals surface area contributed by atoms with Crippen molar-refractivity contribution in [2.24, 2.45) is 0 Å². The molecule has 0 spiro atoms. The summed E-state index contributed by atoms with van der Waals surface area (Å²) in [5.41, 5.74) is 6.97. The number of hydrogen-bond acceptors (Lipinski definition) is 6. The molecule has 8 nitrogen and oxygen atoms in total. The van der Waals surface area contributed by atoms with Crippen LogP contribution in [0.2, 0.25) is 0 Å². The molecule has 6 aromatic rings. The van der Waals surface area contributed by atoms with Gasteiger partial charge in [-0.1, -0.05) is 48.6 Å². The number of fused-ring (bicyclic) bond motifs is 2. The molecule has 2 aromatic heterocycles. The molecule has 0 aliphatic rings. The van der Waals surface area contributed by atoms with Gasteiger partial charge in [0, 0.05) is 17.5 Å². The summed E-state index contributed by atoms with van der Waals surface area (Å²) in [6.45, 7) is 7.74. The zero-order chi connectivity index (χ0) is 26.9. The third-order valence-electron chi connectivity index (χ3n) is 6.60. The Morgan fingerprint density at radius 2 is 0.949 bits per heavy atom. The van der Waals surface area contributed by atoms with Gasteiger partial charge in [0.2, 0.25) is 0 Å². The van der Waals surface area contributed by atoms with E-state index in [1.807, 2.05) is 72.8 Å². The lowest BCUT2D eigenvalue weighted by molar-refractivity contribution is 0.455. The van der Waals surface area contributed by atoms with Gasteiger partial charge in [-0.2, -0.15) is 0 Å². The maximum absolute atomic E-state index is 11.4. The van der Waals surface area contributed by atoms with Crippen LogP contribution in [0, 0.1) is 0 Å². The second kappa shape index (κ2) is 9.90. The van der Waals surface area contributed by atoms with Crippen molar-refractivity contribution < 1.29 is 10.2 Å². The van der Waals surface area contributed by atoms with E-state index in [4.69, 9.17) is 0 Å². The number of hydrogen-bond donors (Lipinski definition) is 2. The van der Waals surface area contributed by atoms with Gasteiger partial charge in [-0.25, -0.2) is 0 Å². The van der Waals surface area contributed by atoms with E-state index in [0.29, 0.717) is 35.3 Å². The Hall–Kier alpha value is -5.24. The lowest BCUT2D eigenvalue weighted by Crippen LogP contribution is -2.05. The lowest BCUT2D eigenvalue weighted by atomic mass is 9.96. The fraction of sp³-hybridized carbons (Fsp3) is 0.0968. The molecule has 0 bridgehead atoms. The highest BCUT2D eigenvalue weighted by atomic mass is 16.3. The molecule has 0 radical (unpaired) electrons. The Balaban J connectivity index is 1.48. The molecular formula is C31H26N6O2. The number of phenolic OH excluding ortho intramolecular Hbond substituents is 2. The maximum Gasteiger partial charge on any atom is 0.146 e. The van der Waals surface area contributed by atoms with E-state index < -0.39 is 0 Å². The minimum atomic E-state index is 0.0427. The Bertz CT molecular complexity index is 1670. The van der Waals surface area contributed by atoms with E-state index in [-0.39, 0.29) is 17.9 Å². The first kappa shape index (κ1) is 24.1. The first-order valence-electron chi connectivity index (χ1n) is 12.6. The predicted octanol–water partition coefficient (Wildman–Crippen LogP) is 5.61. The maximum atomic E-state index is 11.4. The van der Waals surface area contributed by atoms with Gasteiger partial charge >= 0.3 is 0 Å². The normalized spacial score (nSPS) is 11.3. The fourth-order valence-corrected chi connectivity index (χ4v) is 4.77. The smallest absolute Gasteiger partial charge is 0.146 e. The molecule has 6 rings (SSSR count). The number of allylic oxidation sites excluding steroid dienone is 2. The Labute approximate surface area is 224 Å². The average Bonchev–Trinajstić information content (AvgIpc) is 3.56. The summed E-state index contributed by atoms with van der Waals surface area (Å²) in [4.78, 5) is 2.91. The molecule has 8 heteroatoms. The van der Waals surface area contributed by atoms with Crippen LogP contribution in [0.5, 0.6) is 11.5 Å². The van der Waals surface area contributed by atoms with Crippen molar-refractivity contribution in [3.05, 3.63) is 120 Å². The number of aromatic hydroxyl groups is 2. The molecule has 2 heterocycles. The molecular weight excluding hydrogens is 488 g/mol. The molecule has 2 N–H and O–H groups in total. The van der Waals surface area contributed by atoms with Crippen LogP contribution in [0.25, 0.3) is 33.4 Å². The minimum Gasteiger partial charge on any atom is -0.505 e. The van der Waals surface area contributed by atoms with Crippen molar-refractivity contribution in [3.63, 3.8) is 0 Å². The SMILES string of the molecule is C=CCc1cc(Cc2cc(CC=C)cc(-n3nc4ccccc4n3)c2O)c(O)c(-n2nc3ccccc3n2)c1. The highest BCUT2D eigenvalue weighted by Crippen LogP contribution is 2.35. The summed E-state index contributed by atoms with van der Waals surface area (Å²) in [5, 5.41) is 41.1. The first-order chi connectivity index (χ1) is 19.0. The van der Waals surface area contributed by atoms with Crippen LogP contribution in [-0.4, -0.2) is 40.2 Å². The largest absolute Gasteiger partial charge is 0.505 e. The molecule has 0 atom stereocenters. The highest BCUT2D eigenvalue weighted by Gasteiger charge is 2.19. The fourth-order valence-electron chi connectivity index (χ4n) is 4.77. The summed E-state index contributed by atoms with van der Waals surface area (Å²) >= 11 is 0. The third kappa shape index (κ3) is 4.53.